The van der Waals surface area contributed by atoms with Gasteiger partial charge in [-0.3, -0.25) is 9.59 Å². The van der Waals surface area contributed by atoms with E-state index in [1.54, 1.807) is 0 Å². The van der Waals surface area contributed by atoms with Gasteiger partial charge >= 0.3 is 0 Å². The van der Waals surface area contributed by atoms with Crippen LogP contribution in [0.2, 0.25) is 0 Å². The molecule has 4 aliphatic carbocycles. The van der Waals surface area contributed by atoms with Crippen molar-refractivity contribution in [2.45, 2.75) is 116 Å². The highest BCUT2D eigenvalue weighted by atomic mass is 16.2. The number of piperidine rings is 1. The fourth-order valence-electron chi connectivity index (χ4n) is 9.83. The molecule has 5 aliphatic rings. The van der Waals surface area contributed by atoms with E-state index >= 15 is 0 Å². The highest BCUT2D eigenvalue weighted by Crippen LogP contribution is 2.64. The quantitative estimate of drug-likeness (QED) is 0.435. The van der Waals surface area contributed by atoms with Crippen molar-refractivity contribution in [1.29, 1.82) is 0 Å². The maximum absolute atomic E-state index is 14.3. The van der Waals surface area contributed by atoms with Crippen LogP contribution in [-0.4, -0.2) is 18.2 Å². The molecule has 1 aromatic carbocycles. The van der Waals surface area contributed by atoms with Crippen LogP contribution in [0.15, 0.2) is 36.0 Å². The van der Waals surface area contributed by atoms with Gasteiger partial charge in [-0.15, -0.1) is 0 Å². The van der Waals surface area contributed by atoms with Gasteiger partial charge in [-0.1, -0.05) is 78.1 Å². The van der Waals surface area contributed by atoms with E-state index in [0.717, 1.165) is 45.1 Å². The highest BCUT2D eigenvalue weighted by molar-refractivity contribution is 5.91. The standard InChI is InChI=1S/C35H50N2O2/c1-32(2,3)23-9-11-24(12-10-23)35(17-7-6-8-18-35)37-31(39)29-14-13-27-26-22-36-30-21-25(38)15-19-34(30,5)28(26)16-20-33(27,29)4/h9-12,21,26-29,36H,6-8,13-20,22H2,1-5H3,(H,37,39)/t26-,27-,28-,29+,33-,34+/m0/s1. The lowest BCUT2D eigenvalue weighted by Gasteiger charge is -2.58. The zero-order valence-electron chi connectivity index (χ0n) is 25.0. The van der Waals surface area contributed by atoms with E-state index in [2.05, 4.69) is 69.5 Å². The smallest absolute Gasteiger partial charge is 0.224 e. The van der Waals surface area contributed by atoms with Crippen molar-refractivity contribution in [3.05, 3.63) is 47.2 Å². The third kappa shape index (κ3) is 4.39. The fourth-order valence-corrected chi connectivity index (χ4v) is 9.83. The van der Waals surface area contributed by atoms with Gasteiger partial charge in [0.2, 0.25) is 5.91 Å². The number of hydrogen-bond acceptors (Lipinski definition) is 3. The van der Waals surface area contributed by atoms with Crippen molar-refractivity contribution < 1.29 is 9.59 Å². The largest absolute Gasteiger partial charge is 0.387 e. The van der Waals surface area contributed by atoms with E-state index in [1.165, 1.54) is 42.5 Å². The molecule has 6 rings (SSSR count). The van der Waals surface area contributed by atoms with Gasteiger partial charge in [0.05, 0.1) is 5.54 Å². The lowest BCUT2D eigenvalue weighted by molar-refractivity contribution is -0.135. The maximum atomic E-state index is 14.3. The first kappa shape index (κ1) is 27.1. The number of amides is 1. The van der Waals surface area contributed by atoms with E-state index in [4.69, 9.17) is 0 Å². The van der Waals surface area contributed by atoms with Crippen molar-refractivity contribution in [3.8, 4) is 0 Å². The summed E-state index contributed by atoms with van der Waals surface area (Å²) in [6.45, 7) is 12.6. The summed E-state index contributed by atoms with van der Waals surface area (Å²) in [6, 6.07) is 9.16. The molecule has 1 saturated heterocycles. The van der Waals surface area contributed by atoms with Crippen LogP contribution in [0.25, 0.3) is 0 Å². The van der Waals surface area contributed by atoms with Crippen LogP contribution in [0.1, 0.15) is 116 Å². The third-order valence-electron chi connectivity index (χ3n) is 12.3. The molecule has 0 bridgehead atoms. The maximum Gasteiger partial charge on any atom is 0.224 e. The van der Waals surface area contributed by atoms with Crippen molar-refractivity contribution in [2.24, 2.45) is 34.5 Å². The summed E-state index contributed by atoms with van der Waals surface area (Å²) in [6.07, 6.45) is 13.7. The van der Waals surface area contributed by atoms with Gasteiger partial charge in [-0.2, -0.15) is 0 Å². The van der Waals surface area contributed by atoms with Crippen molar-refractivity contribution in [1.82, 2.24) is 10.6 Å². The number of ketones is 1. The first-order valence-corrected chi connectivity index (χ1v) is 15.9. The van der Waals surface area contributed by atoms with Gasteiger partial charge < -0.3 is 10.6 Å². The number of hydrogen-bond donors (Lipinski definition) is 2. The van der Waals surface area contributed by atoms with E-state index < -0.39 is 0 Å². The number of carbonyl (C=O) groups excluding carboxylic acids is 2. The Morgan fingerprint density at radius 1 is 0.923 bits per heavy atom. The molecule has 1 amide bonds. The predicted molar refractivity (Wildman–Crippen MR) is 157 cm³/mol. The second-order valence-electron chi connectivity index (χ2n) is 15.3. The van der Waals surface area contributed by atoms with Crippen LogP contribution in [0.5, 0.6) is 0 Å². The average molecular weight is 531 g/mol. The Balaban J connectivity index is 1.23. The summed E-state index contributed by atoms with van der Waals surface area (Å²) in [7, 11) is 0. The molecule has 0 radical (unpaired) electrons. The van der Waals surface area contributed by atoms with E-state index in [-0.39, 0.29) is 33.5 Å². The molecular weight excluding hydrogens is 480 g/mol. The third-order valence-corrected chi connectivity index (χ3v) is 12.3. The van der Waals surface area contributed by atoms with Crippen LogP contribution in [0.4, 0.5) is 0 Å². The molecule has 1 aromatic rings. The van der Waals surface area contributed by atoms with E-state index in [9.17, 15) is 9.59 Å². The Morgan fingerprint density at radius 2 is 1.64 bits per heavy atom. The van der Waals surface area contributed by atoms with Gasteiger partial charge in [0, 0.05) is 36.1 Å². The van der Waals surface area contributed by atoms with Gasteiger partial charge in [-0.05, 0) is 84.7 Å². The zero-order chi connectivity index (χ0) is 27.6. The molecule has 1 heterocycles. The second-order valence-corrected chi connectivity index (χ2v) is 15.3. The Labute approximate surface area is 236 Å². The topological polar surface area (TPSA) is 58.2 Å². The SMILES string of the molecule is CC(C)(C)c1ccc(C2(NC(=O)[C@H]3CC[C@H]4[C@@H]5CNC6=CC(=O)CC[C@]6(C)[C@H]5CC[C@]34C)CCCCC2)cc1. The number of allylic oxidation sites excluding steroid dienone is 2. The minimum absolute atomic E-state index is 0.0565. The van der Waals surface area contributed by atoms with Gasteiger partial charge in [-0.25, -0.2) is 0 Å². The lowest BCUT2D eigenvalue weighted by atomic mass is 9.50. The van der Waals surface area contributed by atoms with Crippen molar-refractivity contribution in [3.63, 3.8) is 0 Å². The van der Waals surface area contributed by atoms with Crippen molar-refractivity contribution in [2.75, 3.05) is 6.54 Å². The summed E-state index contributed by atoms with van der Waals surface area (Å²) in [5.41, 5.74) is 3.87. The Hall–Kier alpha value is -2.10. The normalized spacial score (nSPS) is 37.6. The summed E-state index contributed by atoms with van der Waals surface area (Å²) >= 11 is 0. The number of rotatable bonds is 3. The summed E-state index contributed by atoms with van der Waals surface area (Å²) < 4.78 is 0. The first-order chi connectivity index (χ1) is 18.5. The number of nitrogens with one attached hydrogen (secondary N) is 2. The monoisotopic (exact) mass is 530 g/mol. The molecule has 6 atom stereocenters. The number of benzene rings is 1. The molecule has 0 aromatic heterocycles. The molecule has 3 saturated carbocycles. The summed E-state index contributed by atoms with van der Waals surface area (Å²) in [5, 5.41) is 7.45. The minimum Gasteiger partial charge on any atom is -0.387 e. The molecule has 2 N–H and O–H groups in total. The average Bonchev–Trinajstić information content (AvgIpc) is 3.26. The second kappa shape index (κ2) is 9.48. The lowest BCUT2D eigenvalue weighted by Crippen LogP contribution is -2.58. The molecule has 4 nitrogen and oxygen atoms in total. The van der Waals surface area contributed by atoms with Crippen LogP contribution >= 0.6 is 0 Å². The van der Waals surface area contributed by atoms with Crippen LogP contribution in [0, 0.1) is 34.5 Å². The highest BCUT2D eigenvalue weighted by Gasteiger charge is 2.60. The molecule has 4 heteroatoms. The van der Waals surface area contributed by atoms with Gasteiger partial charge in [0.25, 0.3) is 0 Å². The van der Waals surface area contributed by atoms with Crippen LogP contribution in [0.3, 0.4) is 0 Å². The van der Waals surface area contributed by atoms with Crippen molar-refractivity contribution >= 4 is 11.7 Å². The molecule has 1 aliphatic heterocycles. The number of fused-ring (bicyclic) bond motifs is 5. The fraction of sp³-hybridized carbons (Fsp3) is 0.714. The Bertz CT molecular complexity index is 1150. The first-order valence-electron chi connectivity index (χ1n) is 15.9. The molecule has 4 fully saturated rings. The minimum atomic E-state index is -0.231. The number of carbonyl (C=O) groups is 2. The molecule has 0 unspecified atom stereocenters. The Kier molecular flexibility index (Phi) is 6.59. The van der Waals surface area contributed by atoms with Gasteiger partial charge in [0.15, 0.2) is 5.78 Å². The zero-order valence-corrected chi connectivity index (χ0v) is 25.0. The van der Waals surface area contributed by atoms with E-state index in [0.29, 0.717) is 30.1 Å². The van der Waals surface area contributed by atoms with E-state index in [1.807, 2.05) is 6.08 Å². The molecular formula is C35H50N2O2. The Morgan fingerprint density at radius 3 is 2.33 bits per heavy atom. The molecule has 39 heavy (non-hydrogen) atoms. The van der Waals surface area contributed by atoms with Crippen LogP contribution in [-0.2, 0) is 20.5 Å². The summed E-state index contributed by atoms with van der Waals surface area (Å²) in [5.74, 6) is 2.45. The van der Waals surface area contributed by atoms with Gasteiger partial charge in [0.1, 0.15) is 0 Å². The van der Waals surface area contributed by atoms with Crippen LogP contribution < -0.4 is 10.6 Å². The molecule has 0 spiro atoms. The molecule has 212 valence electrons. The summed E-state index contributed by atoms with van der Waals surface area (Å²) in [4.78, 5) is 26.5. The predicted octanol–water partition coefficient (Wildman–Crippen LogP) is 7.17.